The number of nitrogens with two attached hydrogens (primary N) is 1. The summed E-state index contributed by atoms with van der Waals surface area (Å²) in [7, 11) is 0. The van der Waals surface area contributed by atoms with Gasteiger partial charge in [-0.3, -0.25) is 4.79 Å². The number of alkyl halides is 1. The molecule has 13 heavy (non-hydrogen) atoms. The minimum absolute atomic E-state index is 0.545. The highest BCUT2D eigenvalue weighted by atomic mass is 79.9. The summed E-state index contributed by atoms with van der Waals surface area (Å²) in [4.78, 5) is 10.8. The molecule has 70 valence electrons. The third-order valence-corrected chi connectivity index (χ3v) is 3.83. The molecule has 0 bridgehead atoms. The van der Waals surface area contributed by atoms with E-state index in [9.17, 15) is 4.79 Å². The van der Waals surface area contributed by atoms with E-state index < -0.39 is 11.3 Å². The molecular weight excluding hydrogens is 321 g/mol. The molecule has 0 saturated carbocycles. The second-order valence-electron chi connectivity index (χ2n) is 2.44. The smallest absolute Gasteiger partial charge is 0.240 e. The lowest BCUT2D eigenvalue weighted by molar-refractivity contribution is -0.117. The Balaban J connectivity index is 3.03. The van der Waals surface area contributed by atoms with Gasteiger partial charge in [0.15, 0.2) is 0 Å². The molecule has 0 aliphatic rings. The Morgan fingerprint density at radius 1 is 1.38 bits per heavy atom. The first-order chi connectivity index (χ1) is 6.02. The fraction of sp³-hybridized carbons (Fsp3) is 0.125. The topological polar surface area (TPSA) is 43.1 Å². The molecule has 0 aliphatic heterocycles. The van der Waals surface area contributed by atoms with Crippen LogP contribution in [0.3, 0.4) is 0 Å². The lowest BCUT2D eigenvalue weighted by atomic mass is 10.1. The Morgan fingerprint density at radius 3 is 2.46 bits per heavy atom. The number of hydrogen-bond acceptors (Lipinski definition) is 1. The van der Waals surface area contributed by atoms with Crippen molar-refractivity contribution in [3.8, 4) is 0 Å². The van der Waals surface area contributed by atoms with Gasteiger partial charge in [-0.1, -0.05) is 6.07 Å². The van der Waals surface area contributed by atoms with Crippen LogP contribution in [0, 0.1) is 0 Å². The van der Waals surface area contributed by atoms with Crippen molar-refractivity contribution in [3.05, 3.63) is 32.7 Å². The van der Waals surface area contributed by atoms with E-state index in [-0.39, 0.29) is 0 Å². The Labute approximate surface area is 97.7 Å². The van der Waals surface area contributed by atoms with Crippen molar-refractivity contribution in [2.75, 3.05) is 0 Å². The van der Waals surface area contributed by atoms with E-state index in [2.05, 4.69) is 31.9 Å². The van der Waals surface area contributed by atoms with Crippen molar-refractivity contribution >= 4 is 49.4 Å². The van der Waals surface area contributed by atoms with Gasteiger partial charge in [0.25, 0.3) is 0 Å². The number of hydrogen-bond donors (Lipinski definition) is 1. The summed E-state index contributed by atoms with van der Waals surface area (Å²) in [5.41, 5.74) is 5.74. The number of benzene rings is 1. The SMILES string of the molecule is NC(=O)C(Cl)c1ccc(Br)c(Br)c1. The number of rotatable bonds is 2. The van der Waals surface area contributed by atoms with Crippen LogP contribution >= 0.6 is 43.5 Å². The summed E-state index contributed by atoms with van der Waals surface area (Å²) in [6.45, 7) is 0. The average Bonchev–Trinajstić information content (AvgIpc) is 2.08. The van der Waals surface area contributed by atoms with Crippen molar-refractivity contribution in [1.82, 2.24) is 0 Å². The van der Waals surface area contributed by atoms with Gasteiger partial charge in [-0.2, -0.15) is 0 Å². The van der Waals surface area contributed by atoms with Crippen LogP contribution in [0.15, 0.2) is 27.1 Å². The van der Waals surface area contributed by atoms with Gasteiger partial charge in [0, 0.05) is 8.95 Å². The molecule has 1 aromatic carbocycles. The van der Waals surface area contributed by atoms with Gasteiger partial charge in [-0.05, 0) is 49.6 Å². The predicted molar refractivity (Wildman–Crippen MR) is 59.6 cm³/mol. The van der Waals surface area contributed by atoms with Crippen molar-refractivity contribution in [2.45, 2.75) is 5.38 Å². The maximum atomic E-state index is 10.8. The van der Waals surface area contributed by atoms with Crippen LogP contribution in [0.2, 0.25) is 0 Å². The van der Waals surface area contributed by atoms with Gasteiger partial charge in [0.2, 0.25) is 5.91 Å². The summed E-state index contributed by atoms with van der Waals surface area (Å²) < 4.78 is 1.75. The molecule has 1 rings (SSSR count). The maximum Gasteiger partial charge on any atom is 0.240 e. The third kappa shape index (κ3) is 2.69. The molecule has 0 aliphatic carbocycles. The summed E-state index contributed by atoms with van der Waals surface area (Å²) >= 11 is 12.4. The highest BCUT2D eigenvalue weighted by molar-refractivity contribution is 9.13. The van der Waals surface area contributed by atoms with Gasteiger partial charge in [0.05, 0.1) is 0 Å². The monoisotopic (exact) mass is 325 g/mol. The van der Waals surface area contributed by atoms with Crippen molar-refractivity contribution in [3.63, 3.8) is 0 Å². The van der Waals surface area contributed by atoms with Crippen LogP contribution in [0.5, 0.6) is 0 Å². The molecule has 0 saturated heterocycles. The Kier molecular flexibility index (Phi) is 3.76. The van der Waals surface area contributed by atoms with Crippen LogP contribution in [0.25, 0.3) is 0 Å². The molecule has 0 fully saturated rings. The molecule has 1 amide bonds. The van der Waals surface area contributed by atoms with Crippen molar-refractivity contribution in [1.29, 1.82) is 0 Å². The first-order valence-electron chi connectivity index (χ1n) is 3.40. The van der Waals surface area contributed by atoms with Crippen LogP contribution < -0.4 is 5.73 Å². The zero-order valence-electron chi connectivity index (χ0n) is 6.43. The average molecular weight is 327 g/mol. The molecule has 0 radical (unpaired) electrons. The van der Waals surface area contributed by atoms with E-state index in [1.165, 1.54) is 0 Å². The van der Waals surface area contributed by atoms with E-state index in [1.807, 2.05) is 0 Å². The van der Waals surface area contributed by atoms with E-state index in [0.717, 1.165) is 8.95 Å². The van der Waals surface area contributed by atoms with E-state index in [1.54, 1.807) is 18.2 Å². The zero-order valence-corrected chi connectivity index (χ0v) is 10.4. The molecule has 0 aromatic heterocycles. The predicted octanol–water partition coefficient (Wildman–Crippen LogP) is 2.98. The minimum Gasteiger partial charge on any atom is -0.368 e. The van der Waals surface area contributed by atoms with Crippen LogP contribution in [-0.2, 0) is 4.79 Å². The van der Waals surface area contributed by atoms with Crippen LogP contribution in [-0.4, -0.2) is 5.91 Å². The van der Waals surface area contributed by atoms with E-state index in [0.29, 0.717) is 5.56 Å². The zero-order chi connectivity index (χ0) is 10.0. The van der Waals surface area contributed by atoms with Gasteiger partial charge in [-0.15, -0.1) is 11.6 Å². The fourth-order valence-corrected chi connectivity index (χ4v) is 1.61. The second-order valence-corrected chi connectivity index (χ2v) is 4.58. The Morgan fingerprint density at radius 2 is 2.00 bits per heavy atom. The molecular formula is C8H6Br2ClNO. The number of carbonyl (C=O) groups is 1. The number of primary amides is 1. The first kappa shape index (κ1) is 11.0. The number of amides is 1. The summed E-state index contributed by atoms with van der Waals surface area (Å²) in [5.74, 6) is -0.545. The van der Waals surface area contributed by atoms with Crippen LogP contribution in [0.1, 0.15) is 10.9 Å². The summed E-state index contributed by atoms with van der Waals surface area (Å²) in [6, 6.07) is 5.31. The molecule has 0 spiro atoms. The van der Waals surface area contributed by atoms with Gasteiger partial charge in [0.1, 0.15) is 5.38 Å². The highest BCUT2D eigenvalue weighted by Crippen LogP contribution is 2.28. The minimum atomic E-state index is -0.774. The molecule has 1 aromatic rings. The molecule has 5 heteroatoms. The molecule has 1 atom stereocenters. The molecule has 0 heterocycles. The molecule has 2 N–H and O–H groups in total. The Hall–Kier alpha value is -0.0600. The molecule has 2 nitrogen and oxygen atoms in total. The van der Waals surface area contributed by atoms with Gasteiger partial charge < -0.3 is 5.73 Å². The summed E-state index contributed by atoms with van der Waals surface area (Å²) in [6.07, 6.45) is 0. The normalized spacial score (nSPS) is 12.5. The number of carbonyl (C=O) groups excluding carboxylic acids is 1. The second kappa shape index (κ2) is 4.44. The van der Waals surface area contributed by atoms with Gasteiger partial charge in [-0.25, -0.2) is 0 Å². The number of halogens is 3. The summed E-state index contributed by atoms with van der Waals surface area (Å²) in [5, 5.41) is -0.774. The van der Waals surface area contributed by atoms with E-state index in [4.69, 9.17) is 17.3 Å². The first-order valence-corrected chi connectivity index (χ1v) is 5.43. The molecule has 1 unspecified atom stereocenters. The van der Waals surface area contributed by atoms with Crippen LogP contribution in [0.4, 0.5) is 0 Å². The lowest BCUT2D eigenvalue weighted by Crippen LogP contribution is -2.16. The Bertz CT molecular complexity index is 343. The lowest BCUT2D eigenvalue weighted by Gasteiger charge is -2.06. The third-order valence-electron chi connectivity index (χ3n) is 1.49. The highest BCUT2D eigenvalue weighted by Gasteiger charge is 2.14. The van der Waals surface area contributed by atoms with Crippen molar-refractivity contribution < 1.29 is 4.79 Å². The quantitative estimate of drug-likeness (QED) is 0.834. The standard InChI is InChI=1S/C8H6Br2ClNO/c9-5-2-1-4(3-6(5)10)7(11)8(12)13/h1-3,7H,(H2,12,13). The maximum absolute atomic E-state index is 10.8. The fourth-order valence-electron chi connectivity index (χ4n) is 0.834. The van der Waals surface area contributed by atoms with E-state index >= 15 is 0 Å². The van der Waals surface area contributed by atoms with Gasteiger partial charge >= 0.3 is 0 Å². The van der Waals surface area contributed by atoms with Crippen molar-refractivity contribution in [2.24, 2.45) is 5.73 Å². The largest absolute Gasteiger partial charge is 0.368 e.